The number of nitriles is 1. The fourth-order valence-electron chi connectivity index (χ4n) is 1.89. The van der Waals surface area contributed by atoms with E-state index in [0.29, 0.717) is 6.92 Å². The Morgan fingerprint density at radius 3 is 2.59 bits per heavy atom. The van der Waals surface area contributed by atoms with E-state index in [4.69, 9.17) is 5.26 Å². The molecule has 0 spiro atoms. The summed E-state index contributed by atoms with van der Waals surface area (Å²) in [5.74, 6) is -3.41. The number of halogens is 2. The molecule has 0 saturated heterocycles. The van der Waals surface area contributed by atoms with Crippen molar-refractivity contribution in [2.24, 2.45) is 7.05 Å². The lowest BCUT2D eigenvalue weighted by Gasteiger charge is -2.16. The number of aromatic nitrogens is 2. The van der Waals surface area contributed by atoms with Gasteiger partial charge in [0.1, 0.15) is 11.6 Å². The smallest absolute Gasteiger partial charge is 0.262 e. The molecule has 0 atom stereocenters. The van der Waals surface area contributed by atoms with Crippen LogP contribution in [0.3, 0.4) is 0 Å². The van der Waals surface area contributed by atoms with Crippen LogP contribution in [-0.4, -0.2) is 18.2 Å². The summed E-state index contributed by atoms with van der Waals surface area (Å²) in [4.78, 5) is -0.549. The average Bonchev–Trinajstić information content (AvgIpc) is 2.78. The zero-order chi connectivity index (χ0) is 16.5. The topological polar surface area (TPSA) is 87.8 Å². The van der Waals surface area contributed by atoms with Gasteiger partial charge in [-0.1, -0.05) is 18.2 Å². The van der Waals surface area contributed by atoms with Crippen molar-refractivity contribution in [2.75, 3.05) is 4.72 Å². The van der Waals surface area contributed by atoms with E-state index in [-0.39, 0.29) is 11.4 Å². The van der Waals surface area contributed by atoms with Crippen LogP contribution >= 0.6 is 0 Å². The monoisotopic (exact) mass is 326 g/mol. The molecule has 0 aliphatic heterocycles. The number of sulfonamides is 1. The summed E-state index contributed by atoms with van der Waals surface area (Å²) in [5, 5.41) is 12.7. The van der Waals surface area contributed by atoms with Crippen molar-refractivity contribution in [2.45, 2.75) is 17.7 Å². The van der Waals surface area contributed by atoms with E-state index in [0.717, 1.165) is 16.8 Å². The van der Waals surface area contributed by atoms with Gasteiger partial charge < -0.3 is 0 Å². The molecule has 1 heterocycles. The third-order valence-corrected chi connectivity index (χ3v) is 4.34. The lowest BCUT2D eigenvalue weighted by molar-refractivity contribution is 0.0144. The first-order valence-corrected chi connectivity index (χ1v) is 7.57. The highest BCUT2D eigenvalue weighted by Crippen LogP contribution is 2.33. The number of aryl methyl sites for hydroxylation is 1. The Labute approximate surface area is 126 Å². The number of benzene rings is 1. The van der Waals surface area contributed by atoms with Gasteiger partial charge in [0.25, 0.3) is 15.9 Å². The van der Waals surface area contributed by atoms with Gasteiger partial charge in [-0.3, -0.25) is 9.40 Å². The first kappa shape index (κ1) is 15.9. The highest BCUT2D eigenvalue weighted by molar-refractivity contribution is 7.92. The molecule has 6 nitrogen and oxygen atoms in total. The Morgan fingerprint density at radius 1 is 1.36 bits per heavy atom. The van der Waals surface area contributed by atoms with Crippen LogP contribution in [0.1, 0.15) is 18.1 Å². The van der Waals surface area contributed by atoms with Crippen LogP contribution in [0.5, 0.6) is 0 Å². The van der Waals surface area contributed by atoms with Crippen LogP contribution in [0.25, 0.3) is 0 Å². The number of alkyl halides is 2. The van der Waals surface area contributed by atoms with E-state index < -0.39 is 26.4 Å². The molecule has 0 bridgehead atoms. The summed E-state index contributed by atoms with van der Waals surface area (Å²) in [6.07, 6.45) is 1.18. The number of hydrogen-bond acceptors (Lipinski definition) is 4. The summed E-state index contributed by atoms with van der Waals surface area (Å²) in [5.41, 5.74) is -0.630. The number of nitrogens with one attached hydrogen (secondary N) is 1. The molecular formula is C13H12F2N4O2S. The Bertz CT molecular complexity index is 848. The molecule has 0 radical (unpaired) electrons. The molecule has 2 rings (SSSR count). The summed E-state index contributed by atoms with van der Waals surface area (Å²) < 4.78 is 55.2. The zero-order valence-electron chi connectivity index (χ0n) is 11.7. The van der Waals surface area contributed by atoms with Gasteiger partial charge in [-0.2, -0.15) is 10.4 Å². The molecule has 1 aromatic carbocycles. The van der Waals surface area contributed by atoms with Gasteiger partial charge >= 0.3 is 0 Å². The number of hydrogen-bond donors (Lipinski definition) is 1. The second kappa shape index (κ2) is 5.38. The maximum Gasteiger partial charge on any atom is 0.271 e. The normalized spacial score (nSPS) is 12.0. The molecule has 0 saturated carbocycles. The van der Waals surface area contributed by atoms with Crippen LogP contribution in [0.15, 0.2) is 35.4 Å². The average molecular weight is 326 g/mol. The molecule has 0 fully saturated rings. The summed E-state index contributed by atoms with van der Waals surface area (Å²) in [7, 11) is -2.86. The van der Waals surface area contributed by atoms with Gasteiger partial charge in [0.05, 0.1) is 11.1 Å². The van der Waals surface area contributed by atoms with E-state index >= 15 is 0 Å². The maximum atomic E-state index is 13.6. The second-order valence-corrected chi connectivity index (χ2v) is 6.28. The molecule has 0 unspecified atom stereocenters. The number of nitrogens with zero attached hydrogens (tertiary/aromatic N) is 3. The third-order valence-electron chi connectivity index (χ3n) is 2.94. The minimum absolute atomic E-state index is 0.00758. The predicted molar refractivity (Wildman–Crippen MR) is 74.7 cm³/mol. The first-order chi connectivity index (χ1) is 10.2. The van der Waals surface area contributed by atoms with Crippen molar-refractivity contribution < 1.29 is 17.2 Å². The molecule has 0 aliphatic carbocycles. The van der Waals surface area contributed by atoms with Gasteiger partial charge in [0.15, 0.2) is 5.82 Å². The van der Waals surface area contributed by atoms with E-state index in [9.17, 15) is 17.2 Å². The Hall–Kier alpha value is -2.47. The van der Waals surface area contributed by atoms with E-state index in [1.165, 1.54) is 25.4 Å². The molecule has 9 heteroatoms. The van der Waals surface area contributed by atoms with Crippen LogP contribution in [-0.2, 0) is 23.0 Å². The van der Waals surface area contributed by atoms with Gasteiger partial charge in [0, 0.05) is 19.5 Å². The van der Waals surface area contributed by atoms with Crippen LogP contribution < -0.4 is 4.72 Å². The van der Waals surface area contributed by atoms with Crippen molar-refractivity contribution in [3.8, 4) is 6.07 Å². The van der Waals surface area contributed by atoms with Crippen LogP contribution in [0.2, 0.25) is 0 Å². The summed E-state index contributed by atoms with van der Waals surface area (Å²) in [6.45, 7) is 0.617. The third kappa shape index (κ3) is 2.92. The SMILES string of the molecule is Cn1ncc(C#N)c1NS(=O)(=O)c1ccccc1C(C)(F)F. The van der Waals surface area contributed by atoms with E-state index in [1.807, 2.05) is 0 Å². The number of anilines is 1. The standard InChI is InChI=1S/C13H12F2N4O2S/c1-13(14,15)10-5-3-4-6-11(10)22(20,21)18-12-9(7-16)8-17-19(12)2/h3-6,8,18H,1-2H3. The molecule has 1 N–H and O–H groups in total. The highest BCUT2D eigenvalue weighted by Gasteiger charge is 2.32. The fourth-order valence-corrected chi connectivity index (χ4v) is 3.29. The molecule has 2 aromatic rings. The molecule has 22 heavy (non-hydrogen) atoms. The quantitative estimate of drug-likeness (QED) is 0.933. The molecular weight excluding hydrogens is 314 g/mol. The Morgan fingerprint density at radius 2 is 2.00 bits per heavy atom. The Kier molecular flexibility index (Phi) is 3.89. The molecule has 0 amide bonds. The first-order valence-electron chi connectivity index (χ1n) is 6.09. The van der Waals surface area contributed by atoms with Gasteiger partial charge in [-0.15, -0.1) is 0 Å². The molecule has 0 aliphatic rings. The maximum absolute atomic E-state index is 13.6. The van der Waals surface area contributed by atoms with Gasteiger partial charge in [-0.25, -0.2) is 17.2 Å². The van der Waals surface area contributed by atoms with Crippen molar-refractivity contribution in [3.05, 3.63) is 41.6 Å². The summed E-state index contributed by atoms with van der Waals surface area (Å²) >= 11 is 0. The van der Waals surface area contributed by atoms with Crippen molar-refractivity contribution in [1.29, 1.82) is 5.26 Å². The largest absolute Gasteiger partial charge is 0.271 e. The molecule has 1 aromatic heterocycles. The van der Waals surface area contributed by atoms with E-state index in [2.05, 4.69) is 9.82 Å². The fraction of sp³-hybridized carbons (Fsp3) is 0.231. The van der Waals surface area contributed by atoms with Gasteiger partial charge in [0.2, 0.25) is 0 Å². The van der Waals surface area contributed by atoms with E-state index in [1.54, 1.807) is 6.07 Å². The minimum Gasteiger partial charge on any atom is -0.262 e. The highest BCUT2D eigenvalue weighted by atomic mass is 32.2. The predicted octanol–water partition coefficient (Wildman–Crippen LogP) is 2.20. The second-order valence-electron chi connectivity index (χ2n) is 4.63. The lowest BCUT2D eigenvalue weighted by Crippen LogP contribution is -2.21. The summed E-state index contributed by atoms with van der Waals surface area (Å²) in [6, 6.07) is 6.58. The minimum atomic E-state index is -4.29. The Balaban J connectivity index is 2.54. The van der Waals surface area contributed by atoms with Gasteiger partial charge in [-0.05, 0) is 6.07 Å². The van der Waals surface area contributed by atoms with Crippen molar-refractivity contribution >= 4 is 15.8 Å². The number of rotatable bonds is 4. The molecule has 116 valence electrons. The lowest BCUT2D eigenvalue weighted by atomic mass is 10.1. The van der Waals surface area contributed by atoms with Crippen LogP contribution in [0, 0.1) is 11.3 Å². The van der Waals surface area contributed by atoms with Crippen molar-refractivity contribution in [1.82, 2.24) is 9.78 Å². The van der Waals surface area contributed by atoms with Crippen LogP contribution in [0.4, 0.5) is 14.6 Å². The zero-order valence-corrected chi connectivity index (χ0v) is 12.5. The van der Waals surface area contributed by atoms with Crippen molar-refractivity contribution in [3.63, 3.8) is 0 Å².